The molecule has 4 rings (SSSR count). The monoisotopic (exact) mass is 459 g/mol. The van der Waals surface area contributed by atoms with Gasteiger partial charge in [0, 0.05) is 6.07 Å². The van der Waals surface area contributed by atoms with Gasteiger partial charge in [0.15, 0.2) is 0 Å². The predicted molar refractivity (Wildman–Crippen MR) is 125 cm³/mol. The fraction of sp³-hybridized carbons (Fsp3) is 0.115. The van der Waals surface area contributed by atoms with Crippen LogP contribution in [-0.2, 0) is 4.79 Å². The number of carbonyl (C=O) groups is 2. The average molecular weight is 459 g/mol. The highest BCUT2D eigenvalue weighted by atomic mass is 19.1. The SMILES string of the molecule is Cc1ccccc1-n1[nH]c(C(=O)NC(CC(=O)O)c2ccc(-c3ccc(F)cc3)cc2)cc1=O. The number of halogens is 1. The van der Waals surface area contributed by atoms with Gasteiger partial charge in [-0.05, 0) is 47.4 Å². The molecule has 7 nitrogen and oxygen atoms in total. The van der Waals surface area contributed by atoms with Crippen LogP contribution in [0.2, 0.25) is 0 Å². The number of benzene rings is 3. The van der Waals surface area contributed by atoms with Crippen LogP contribution in [0.3, 0.4) is 0 Å². The summed E-state index contributed by atoms with van der Waals surface area (Å²) in [7, 11) is 0. The number of nitrogens with zero attached hydrogens (tertiary/aromatic N) is 1. The van der Waals surface area contributed by atoms with E-state index in [0.717, 1.165) is 16.7 Å². The molecule has 8 heteroatoms. The molecule has 1 aromatic heterocycles. The van der Waals surface area contributed by atoms with E-state index in [1.165, 1.54) is 22.9 Å². The van der Waals surface area contributed by atoms with Gasteiger partial charge in [-0.1, -0.05) is 54.6 Å². The Morgan fingerprint density at radius 1 is 1.00 bits per heavy atom. The highest BCUT2D eigenvalue weighted by Gasteiger charge is 2.21. The Kier molecular flexibility index (Phi) is 6.40. The number of carboxylic acid groups (broad SMARTS) is 1. The standard InChI is InChI=1S/C26H22FN3O4/c1-16-4-2-3-5-23(16)30-24(31)14-22(29-30)26(34)28-21(15-25(32)33)19-8-6-17(7-9-19)18-10-12-20(27)13-11-18/h2-14,21,29H,15H2,1H3,(H,28,34)(H,32,33). The van der Waals surface area contributed by atoms with Gasteiger partial charge in [0.25, 0.3) is 11.5 Å². The zero-order chi connectivity index (χ0) is 24.2. The molecule has 0 spiro atoms. The van der Waals surface area contributed by atoms with E-state index < -0.39 is 23.5 Å². The molecule has 34 heavy (non-hydrogen) atoms. The van der Waals surface area contributed by atoms with Crippen molar-refractivity contribution in [3.63, 3.8) is 0 Å². The summed E-state index contributed by atoms with van der Waals surface area (Å²) in [4.78, 5) is 36.8. The van der Waals surface area contributed by atoms with Gasteiger partial charge in [0.05, 0.1) is 18.2 Å². The summed E-state index contributed by atoms with van der Waals surface area (Å²) in [5, 5.41) is 14.9. The van der Waals surface area contributed by atoms with Crippen molar-refractivity contribution >= 4 is 11.9 Å². The second-order valence-electron chi connectivity index (χ2n) is 7.88. The van der Waals surface area contributed by atoms with Gasteiger partial charge in [0.1, 0.15) is 11.5 Å². The summed E-state index contributed by atoms with van der Waals surface area (Å²) in [5.41, 5.74) is 3.30. The second kappa shape index (κ2) is 9.58. The molecule has 3 aromatic carbocycles. The maximum Gasteiger partial charge on any atom is 0.305 e. The van der Waals surface area contributed by atoms with Crippen LogP contribution in [0.5, 0.6) is 0 Å². The molecule has 0 aliphatic rings. The van der Waals surface area contributed by atoms with Crippen LogP contribution in [0.15, 0.2) is 83.7 Å². The number of rotatable bonds is 7. The lowest BCUT2D eigenvalue weighted by Crippen LogP contribution is -2.30. The van der Waals surface area contributed by atoms with Gasteiger partial charge >= 0.3 is 5.97 Å². The van der Waals surface area contributed by atoms with Crippen LogP contribution in [-0.4, -0.2) is 26.8 Å². The first-order valence-corrected chi connectivity index (χ1v) is 10.6. The lowest BCUT2D eigenvalue weighted by molar-refractivity contribution is -0.137. The number of aliphatic carboxylic acids is 1. The average Bonchev–Trinajstić information content (AvgIpc) is 3.21. The zero-order valence-corrected chi connectivity index (χ0v) is 18.3. The quantitative estimate of drug-likeness (QED) is 0.385. The van der Waals surface area contributed by atoms with Crippen molar-refractivity contribution in [3.05, 3.63) is 112 Å². The van der Waals surface area contributed by atoms with Crippen molar-refractivity contribution in [2.24, 2.45) is 0 Å². The van der Waals surface area contributed by atoms with E-state index in [4.69, 9.17) is 0 Å². The van der Waals surface area contributed by atoms with Crippen molar-refractivity contribution < 1.29 is 19.1 Å². The Hall–Kier alpha value is -4.46. The van der Waals surface area contributed by atoms with Crippen molar-refractivity contribution in [2.45, 2.75) is 19.4 Å². The van der Waals surface area contributed by atoms with Crippen LogP contribution in [0, 0.1) is 12.7 Å². The summed E-state index contributed by atoms with van der Waals surface area (Å²) in [6.45, 7) is 1.85. The van der Waals surface area contributed by atoms with Crippen LogP contribution >= 0.6 is 0 Å². The van der Waals surface area contributed by atoms with Gasteiger partial charge in [-0.25, -0.2) is 9.07 Å². The smallest absolute Gasteiger partial charge is 0.305 e. The van der Waals surface area contributed by atoms with E-state index in [0.29, 0.717) is 11.3 Å². The van der Waals surface area contributed by atoms with Crippen LogP contribution in [0.1, 0.15) is 34.1 Å². The molecule has 0 radical (unpaired) electrons. The summed E-state index contributed by atoms with van der Waals surface area (Å²) < 4.78 is 14.5. The third kappa shape index (κ3) is 4.96. The highest BCUT2D eigenvalue weighted by Crippen LogP contribution is 2.24. The van der Waals surface area contributed by atoms with E-state index in [-0.39, 0.29) is 17.9 Å². The summed E-state index contributed by atoms with van der Waals surface area (Å²) in [6, 6.07) is 20.6. The number of H-pyrrole nitrogens is 1. The van der Waals surface area contributed by atoms with Crippen LogP contribution < -0.4 is 10.9 Å². The summed E-state index contributed by atoms with van der Waals surface area (Å²) >= 11 is 0. The van der Waals surface area contributed by atoms with Gasteiger partial charge < -0.3 is 10.4 Å². The molecule has 0 fully saturated rings. The molecule has 1 unspecified atom stereocenters. The molecule has 1 heterocycles. The van der Waals surface area contributed by atoms with Crippen molar-refractivity contribution in [1.29, 1.82) is 0 Å². The number of hydrogen-bond donors (Lipinski definition) is 3. The number of hydrogen-bond acceptors (Lipinski definition) is 3. The minimum Gasteiger partial charge on any atom is -0.481 e. The number of aromatic nitrogens is 2. The highest BCUT2D eigenvalue weighted by molar-refractivity contribution is 5.92. The summed E-state index contributed by atoms with van der Waals surface area (Å²) in [6.07, 6.45) is -0.343. The predicted octanol–water partition coefficient (Wildman–Crippen LogP) is 4.23. The molecule has 3 N–H and O–H groups in total. The topological polar surface area (TPSA) is 104 Å². The van der Waals surface area contributed by atoms with Crippen LogP contribution in [0.25, 0.3) is 16.8 Å². The zero-order valence-electron chi connectivity index (χ0n) is 18.3. The third-order valence-corrected chi connectivity index (χ3v) is 5.50. The first-order valence-electron chi connectivity index (χ1n) is 10.6. The Labute approximate surface area is 194 Å². The van der Waals surface area contributed by atoms with Gasteiger partial charge in [-0.2, -0.15) is 0 Å². The van der Waals surface area contributed by atoms with Gasteiger partial charge in [0.2, 0.25) is 0 Å². The third-order valence-electron chi connectivity index (χ3n) is 5.50. The number of carbonyl (C=O) groups excluding carboxylic acids is 1. The number of carboxylic acids is 1. The number of aryl methyl sites for hydroxylation is 1. The Morgan fingerprint density at radius 3 is 2.24 bits per heavy atom. The lowest BCUT2D eigenvalue weighted by Gasteiger charge is -2.17. The number of amides is 1. The molecular weight excluding hydrogens is 437 g/mol. The molecular formula is C26H22FN3O4. The first kappa shape index (κ1) is 22.7. The summed E-state index contributed by atoms with van der Waals surface area (Å²) in [5.74, 6) is -2.02. The molecule has 4 aromatic rings. The maximum absolute atomic E-state index is 13.2. The molecule has 0 saturated carbocycles. The van der Waals surface area contributed by atoms with E-state index >= 15 is 0 Å². The van der Waals surface area contributed by atoms with Crippen molar-refractivity contribution in [2.75, 3.05) is 0 Å². The Bertz CT molecular complexity index is 1390. The Morgan fingerprint density at radius 2 is 1.62 bits per heavy atom. The largest absolute Gasteiger partial charge is 0.481 e. The minimum atomic E-state index is -1.08. The van der Waals surface area contributed by atoms with Gasteiger partial charge in [-0.3, -0.25) is 19.5 Å². The maximum atomic E-state index is 13.2. The fourth-order valence-corrected chi connectivity index (χ4v) is 3.72. The molecule has 0 saturated heterocycles. The second-order valence-corrected chi connectivity index (χ2v) is 7.88. The van der Waals surface area contributed by atoms with E-state index in [2.05, 4.69) is 10.4 Å². The number of aromatic amines is 1. The van der Waals surface area contributed by atoms with Gasteiger partial charge in [-0.15, -0.1) is 0 Å². The lowest BCUT2D eigenvalue weighted by atomic mass is 9.99. The van der Waals surface area contributed by atoms with Crippen molar-refractivity contribution in [1.82, 2.24) is 15.1 Å². The molecule has 0 bridgehead atoms. The van der Waals surface area contributed by atoms with Crippen molar-refractivity contribution in [3.8, 4) is 16.8 Å². The minimum absolute atomic E-state index is 0.0200. The normalized spacial score (nSPS) is 11.7. The molecule has 0 aliphatic heterocycles. The van der Waals surface area contributed by atoms with Crippen LogP contribution in [0.4, 0.5) is 4.39 Å². The van der Waals surface area contributed by atoms with E-state index in [9.17, 15) is 23.9 Å². The molecule has 172 valence electrons. The Balaban J connectivity index is 1.57. The van der Waals surface area contributed by atoms with E-state index in [1.54, 1.807) is 48.5 Å². The first-order chi connectivity index (χ1) is 16.3. The fourth-order valence-electron chi connectivity index (χ4n) is 3.72. The molecule has 0 aliphatic carbocycles. The van der Waals surface area contributed by atoms with E-state index in [1.807, 2.05) is 19.1 Å². The molecule has 1 atom stereocenters. The number of para-hydroxylation sites is 1. The molecule has 1 amide bonds. The number of nitrogens with one attached hydrogen (secondary N) is 2.